The molecule has 176 valence electrons. The number of hydrogen-bond acceptors (Lipinski definition) is 4. The zero-order valence-corrected chi connectivity index (χ0v) is 19.8. The first-order valence-electron chi connectivity index (χ1n) is 11.7. The minimum Gasteiger partial charge on any atom is -0.380 e. The van der Waals surface area contributed by atoms with Crippen molar-refractivity contribution in [2.24, 2.45) is 0 Å². The summed E-state index contributed by atoms with van der Waals surface area (Å²) in [7, 11) is -4.62. The Hall–Kier alpha value is -2.02. The highest BCUT2D eigenvalue weighted by Crippen LogP contribution is 2.27. The highest BCUT2D eigenvalue weighted by molar-refractivity contribution is 7.86. The monoisotopic (exact) mass is 460 g/mol. The number of aryl methyl sites for hydroxylation is 1. The van der Waals surface area contributed by atoms with Crippen LogP contribution in [-0.4, -0.2) is 23.9 Å². The molecular weight excluding hydrogens is 424 g/mol. The largest absolute Gasteiger partial charge is 0.380 e. The average Bonchev–Trinajstić information content (AvgIpc) is 2.79. The number of carbonyl (C=O) groups is 1. The Kier molecular flexibility index (Phi) is 11.1. The highest BCUT2D eigenvalue weighted by Gasteiger charge is 2.28. The van der Waals surface area contributed by atoms with Gasteiger partial charge in [0.05, 0.1) is 0 Å². The van der Waals surface area contributed by atoms with Gasteiger partial charge in [-0.3, -0.25) is 9.35 Å². The van der Waals surface area contributed by atoms with Crippen molar-refractivity contribution in [3.63, 3.8) is 0 Å². The van der Waals surface area contributed by atoms with Gasteiger partial charge in [-0.1, -0.05) is 107 Å². The van der Waals surface area contributed by atoms with Gasteiger partial charge in [0.2, 0.25) is 0 Å². The molecular formula is C26H36O5S. The molecule has 0 amide bonds. The number of unbranched alkanes of at least 4 members (excludes halogenated alkanes) is 9. The summed E-state index contributed by atoms with van der Waals surface area (Å²) < 4.78 is 34.1. The molecule has 0 aliphatic heterocycles. The molecule has 1 atom stereocenters. The standard InChI is InChI=1S/C26H36O5S/c1-2-3-4-5-6-7-8-9-10-12-18-22-19-15-20-23(26(22)32(29,30)31)25(28)24(27)21-16-13-11-14-17-21/h11,13-17,19-20,24,27H,2-10,12,18H2,1H3,(H,29,30,31). The van der Waals surface area contributed by atoms with E-state index >= 15 is 0 Å². The van der Waals surface area contributed by atoms with Crippen LogP contribution in [-0.2, 0) is 16.5 Å². The second kappa shape index (κ2) is 13.5. The van der Waals surface area contributed by atoms with E-state index in [4.69, 9.17) is 0 Å². The molecule has 2 aromatic rings. The van der Waals surface area contributed by atoms with Crippen LogP contribution in [0, 0.1) is 0 Å². The second-order valence-corrected chi connectivity index (χ2v) is 9.74. The first-order chi connectivity index (χ1) is 15.4. The lowest BCUT2D eigenvalue weighted by atomic mass is 9.96. The van der Waals surface area contributed by atoms with Gasteiger partial charge in [-0.15, -0.1) is 0 Å². The fraction of sp³-hybridized carbons (Fsp3) is 0.500. The van der Waals surface area contributed by atoms with Crippen LogP contribution < -0.4 is 0 Å². The fourth-order valence-corrected chi connectivity index (χ4v) is 4.97. The molecule has 6 heteroatoms. The fourth-order valence-electron chi connectivity index (χ4n) is 4.02. The normalized spacial score (nSPS) is 12.6. The molecule has 32 heavy (non-hydrogen) atoms. The Morgan fingerprint density at radius 2 is 1.38 bits per heavy atom. The number of aliphatic hydroxyl groups excluding tert-OH is 1. The van der Waals surface area contributed by atoms with E-state index in [1.54, 1.807) is 42.5 Å². The van der Waals surface area contributed by atoms with Crippen LogP contribution in [0.15, 0.2) is 53.4 Å². The molecule has 0 aromatic heterocycles. The van der Waals surface area contributed by atoms with Crippen LogP contribution in [0.1, 0.15) is 98.7 Å². The van der Waals surface area contributed by atoms with Crippen LogP contribution in [0.3, 0.4) is 0 Å². The third-order valence-corrected chi connectivity index (χ3v) is 6.78. The molecule has 0 saturated heterocycles. The third-order valence-electron chi connectivity index (χ3n) is 5.78. The maximum Gasteiger partial charge on any atom is 0.295 e. The van der Waals surface area contributed by atoms with Gasteiger partial charge in [-0.2, -0.15) is 8.42 Å². The summed E-state index contributed by atoms with van der Waals surface area (Å²) in [4.78, 5) is 12.5. The summed E-state index contributed by atoms with van der Waals surface area (Å²) >= 11 is 0. The van der Waals surface area contributed by atoms with Gasteiger partial charge >= 0.3 is 0 Å². The second-order valence-electron chi connectivity index (χ2n) is 8.38. The predicted octanol–water partition coefficient (Wildman–Crippen LogP) is 6.31. The Morgan fingerprint density at radius 1 is 0.812 bits per heavy atom. The maximum absolute atomic E-state index is 12.9. The van der Waals surface area contributed by atoms with Gasteiger partial charge in [0.1, 0.15) is 11.0 Å². The van der Waals surface area contributed by atoms with E-state index in [1.165, 1.54) is 51.0 Å². The van der Waals surface area contributed by atoms with Crippen LogP contribution in [0.4, 0.5) is 0 Å². The van der Waals surface area contributed by atoms with E-state index in [-0.39, 0.29) is 10.5 Å². The van der Waals surface area contributed by atoms with Crippen LogP contribution in [0.2, 0.25) is 0 Å². The topological polar surface area (TPSA) is 91.7 Å². The number of carbonyl (C=O) groups excluding carboxylic acids is 1. The summed E-state index contributed by atoms with van der Waals surface area (Å²) in [6.45, 7) is 2.21. The van der Waals surface area contributed by atoms with E-state index in [1.807, 2.05) is 0 Å². The molecule has 2 aromatic carbocycles. The van der Waals surface area contributed by atoms with Crippen molar-refractivity contribution in [1.29, 1.82) is 0 Å². The lowest BCUT2D eigenvalue weighted by molar-refractivity contribution is 0.0743. The number of benzene rings is 2. The summed E-state index contributed by atoms with van der Waals surface area (Å²) in [6, 6.07) is 12.9. The first-order valence-corrected chi connectivity index (χ1v) is 13.2. The van der Waals surface area contributed by atoms with E-state index in [0.29, 0.717) is 17.5 Å². The Morgan fingerprint density at radius 3 is 1.94 bits per heavy atom. The first kappa shape index (κ1) is 26.2. The lowest BCUT2D eigenvalue weighted by Crippen LogP contribution is -2.17. The van der Waals surface area contributed by atoms with Gasteiger partial charge in [0, 0.05) is 5.56 Å². The Labute approximate surface area is 192 Å². The van der Waals surface area contributed by atoms with Crippen molar-refractivity contribution in [3.05, 3.63) is 65.2 Å². The van der Waals surface area contributed by atoms with Crippen LogP contribution in [0.5, 0.6) is 0 Å². The van der Waals surface area contributed by atoms with Gasteiger partial charge in [-0.05, 0) is 30.0 Å². The summed E-state index contributed by atoms with van der Waals surface area (Å²) in [6.07, 6.45) is 10.6. The molecule has 0 heterocycles. The summed E-state index contributed by atoms with van der Waals surface area (Å²) in [5, 5.41) is 10.5. The van der Waals surface area contributed by atoms with Crippen LogP contribution in [0.25, 0.3) is 0 Å². The van der Waals surface area contributed by atoms with Gasteiger partial charge in [0.15, 0.2) is 5.78 Å². The van der Waals surface area contributed by atoms with E-state index in [2.05, 4.69) is 6.92 Å². The average molecular weight is 461 g/mol. The molecule has 0 aliphatic rings. The number of rotatable bonds is 15. The number of hydrogen-bond donors (Lipinski definition) is 2. The maximum atomic E-state index is 12.9. The minimum atomic E-state index is -4.62. The molecule has 0 bridgehead atoms. The quantitative estimate of drug-likeness (QED) is 0.184. The van der Waals surface area contributed by atoms with Crippen LogP contribution >= 0.6 is 0 Å². The summed E-state index contributed by atoms with van der Waals surface area (Å²) in [5.74, 6) is -0.742. The molecule has 2 rings (SSSR count). The van der Waals surface area contributed by atoms with Gasteiger partial charge in [-0.25, -0.2) is 0 Å². The van der Waals surface area contributed by atoms with Crippen molar-refractivity contribution >= 4 is 15.9 Å². The molecule has 2 N–H and O–H groups in total. The Bertz CT molecular complexity index is 938. The number of aliphatic hydroxyl groups is 1. The number of Topliss-reactive ketones (excluding diaryl/α,β-unsaturated/α-hetero) is 1. The molecule has 5 nitrogen and oxygen atoms in total. The van der Waals surface area contributed by atoms with Crippen molar-refractivity contribution in [1.82, 2.24) is 0 Å². The Balaban J connectivity index is 1.99. The molecule has 0 radical (unpaired) electrons. The summed E-state index contributed by atoms with van der Waals surface area (Å²) in [5.41, 5.74) is 0.616. The SMILES string of the molecule is CCCCCCCCCCCCc1cccc(C(=O)C(O)c2ccccc2)c1S(=O)(=O)O. The molecule has 0 aliphatic carbocycles. The molecule has 0 saturated carbocycles. The zero-order chi connectivity index (χ0) is 23.4. The van der Waals surface area contributed by atoms with Crippen molar-refractivity contribution in [2.75, 3.05) is 0 Å². The van der Waals surface area contributed by atoms with Gasteiger partial charge < -0.3 is 5.11 Å². The van der Waals surface area contributed by atoms with Crippen molar-refractivity contribution in [2.45, 2.75) is 88.6 Å². The minimum absolute atomic E-state index is 0.173. The third kappa shape index (κ3) is 8.15. The molecule has 1 unspecified atom stereocenters. The van der Waals surface area contributed by atoms with E-state index in [0.717, 1.165) is 19.3 Å². The predicted molar refractivity (Wildman–Crippen MR) is 128 cm³/mol. The smallest absolute Gasteiger partial charge is 0.295 e. The van der Waals surface area contributed by atoms with Crippen molar-refractivity contribution in [3.8, 4) is 0 Å². The van der Waals surface area contributed by atoms with E-state index < -0.39 is 22.0 Å². The zero-order valence-electron chi connectivity index (χ0n) is 19.0. The highest BCUT2D eigenvalue weighted by atomic mass is 32.2. The van der Waals surface area contributed by atoms with E-state index in [9.17, 15) is 22.9 Å². The molecule has 0 spiro atoms. The van der Waals surface area contributed by atoms with Crippen molar-refractivity contribution < 1.29 is 22.9 Å². The lowest BCUT2D eigenvalue weighted by Gasteiger charge is -2.15. The van der Waals surface area contributed by atoms with Gasteiger partial charge in [0.25, 0.3) is 10.1 Å². The number of ketones is 1. The molecule has 0 fully saturated rings.